The first kappa shape index (κ1) is 26.6. The molecule has 0 nitrogen and oxygen atoms in total. The van der Waals surface area contributed by atoms with Gasteiger partial charge in [0.15, 0.2) is 0 Å². The van der Waals surface area contributed by atoms with Gasteiger partial charge in [-0.3, -0.25) is 0 Å². The van der Waals surface area contributed by atoms with Crippen LogP contribution in [0, 0.1) is 47.3 Å². The van der Waals surface area contributed by atoms with E-state index in [2.05, 4.69) is 27.7 Å². The Bertz CT molecular complexity index is 470. The van der Waals surface area contributed by atoms with Crippen molar-refractivity contribution in [3.05, 3.63) is 0 Å². The van der Waals surface area contributed by atoms with Gasteiger partial charge in [0.25, 0.3) is 0 Å². The number of hydrogen-bond donors (Lipinski definition) is 0. The molecule has 0 aromatic heterocycles. The van der Waals surface area contributed by atoms with E-state index in [9.17, 15) is 0 Å². The molecule has 0 N–H and O–H groups in total. The zero-order valence-electron chi connectivity index (χ0n) is 22.8. The third kappa shape index (κ3) is 7.50. The first-order valence-corrected chi connectivity index (χ1v) is 15.7. The monoisotopic (exact) mass is 444 g/mol. The normalized spacial score (nSPS) is 39.2. The van der Waals surface area contributed by atoms with Gasteiger partial charge in [0.2, 0.25) is 0 Å². The van der Waals surface area contributed by atoms with Crippen LogP contribution < -0.4 is 0 Å². The fraction of sp³-hybridized carbons (Fsp3) is 1.00. The lowest BCUT2D eigenvalue weighted by Gasteiger charge is -2.51. The summed E-state index contributed by atoms with van der Waals surface area (Å²) in [5.74, 6) is 8.58. The molecular formula is C32H60. The Kier molecular flexibility index (Phi) is 12.0. The summed E-state index contributed by atoms with van der Waals surface area (Å²) in [6.45, 7) is 9.88. The Hall–Kier alpha value is 0. The minimum atomic E-state index is 1.01. The lowest BCUT2D eigenvalue weighted by Crippen LogP contribution is -2.44. The zero-order valence-corrected chi connectivity index (χ0v) is 22.8. The molecule has 0 amide bonds. The van der Waals surface area contributed by atoms with Crippen LogP contribution in [0.3, 0.4) is 0 Å². The molecule has 0 bridgehead atoms. The van der Waals surface area contributed by atoms with Crippen molar-refractivity contribution in [3.63, 3.8) is 0 Å². The van der Waals surface area contributed by atoms with Crippen LogP contribution in [0.2, 0.25) is 0 Å². The van der Waals surface area contributed by atoms with E-state index in [1.807, 2.05) is 0 Å². The lowest BCUT2D eigenvalue weighted by atomic mass is 9.54. The van der Waals surface area contributed by atoms with Crippen molar-refractivity contribution in [2.45, 2.75) is 156 Å². The van der Waals surface area contributed by atoms with E-state index in [0.717, 1.165) is 47.3 Å². The molecule has 4 aliphatic rings. The van der Waals surface area contributed by atoms with Gasteiger partial charge in [0.1, 0.15) is 0 Å². The number of unbranched alkanes of at least 4 members (excludes halogenated alkanes) is 1. The minimum Gasteiger partial charge on any atom is -0.0654 e. The summed E-state index contributed by atoms with van der Waals surface area (Å²) in [6.07, 6.45) is 30.2. The Morgan fingerprint density at radius 3 is 1.94 bits per heavy atom. The highest BCUT2D eigenvalue weighted by Gasteiger charge is 2.48. The molecule has 7 atom stereocenters. The minimum absolute atomic E-state index is 1.01. The third-order valence-electron chi connectivity index (χ3n) is 10.6. The van der Waals surface area contributed by atoms with E-state index >= 15 is 0 Å². The quantitative estimate of drug-likeness (QED) is 0.395. The number of rotatable bonds is 5. The lowest BCUT2D eigenvalue weighted by molar-refractivity contribution is -0.0197. The SMILES string of the molecule is CC1CCCCCCCC1.CCCCC1C(C)CC2CCCC2C1C1CCCCC1CC. The van der Waals surface area contributed by atoms with Crippen LogP contribution in [0.5, 0.6) is 0 Å². The summed E-state index contributed by atoms with van der Waals surface area (Å²) >= 11 is 0. The summed E-state index contributed by atoms with van der Waals surface area (Å²) in [5.41, 5.74) is 0. The van der Waals surface area contributed by atoms with E-state index in [0.29, 0.717) is 0 Å². The number of fused-ring (bicyclic) bond motifs is 1. The average molecular weight is 445 g/mol. The zero-order chi connectivity index (χ0) is 22.8. The van der Waals surface area contributed by atoms with Crippen molar-refractivity contribution >= 4 is 0 Å². The summed E-state index contributed by atoms with van der Waals surface area (Å²) in [6, 6.07) is 0. The highest BCUT2D eigenvalue weighted by Crippen LogP contribution is 2.57. The molecule has 7 unspecified atom stereocenters. The molecule has 0 heterocycles. The van der Waals surface area contributed by atoms with E-state index in [4.69, 9.17) is 0 Å². The largest absolute Gasteiger partial charge is 0.0654 e. The molecule has 0 heteroatoms. The highest BCUT2D eigenvalue weighted by molar-refractivity contribution is 4.98. The van der Waals surface area contributed by atoms with Gasteiger partial charge in [0, 0.05) is 0 Å². The average Bonchev–Trinajstić information content (AvgIpc) is 3.30. The van der Waals surface area contributed by atoms with Crippen molar-refractivity contribution in [1.82, 2.24) is 0 Å². The maximum absolute atomic E-state index is 2.62. The molecule has 4 aliphatic carbocycles. The van der Waals surface area contributed by atoms with Gasteiger partial charge in [-0.2, -0.15) is 0 Å². The molecule has 4 rings (SSSR count). The first-order valence-electron chi connectivity index (χ1n) is 15.7. The predicted octanol–water partition coefficient (Wildman–Crippen LogP) is 10.8. The fourth-order valence-corrected chi connectivity index (χ4v) is 8.85. The van der Waals surface area contributed by atoms with Crippen LogP contribution in [0.15, 0.2) is 0 Å². The van der Waals surface area contributed by atoms with Gasteiger partial charge < -0.3 is 0 Å². The van der Waals surface area contributed by atoms with Gasteiger partial charge in [-0.25, -0.2) is 0 Å². The van der Waals surface area contributed by atoms with Crippen molar-refractivity contribution in [2.24, 2.45) is 47.3 Å². The summed E-state index contributed by atoms with van der Waals surface area (Å²) in [7, 11) is 0. The smallest absolute Gasteiger partial charge is 0.0321 e. The molecule has 4 fully saturated rings. The second-order valence-electron chi connectivity index (χ2n) is 12.9. The first-order chi connectivity index (χ1) is 15.7. The fourth-order valence-electron chi connectivity index (χ4n) is 8.85. The highest BCUT2D eigenvalue weighted by atomic mass is 14.5. The van der Waals surface area contributed by atoms with Crippen LogP contribution >= 0.6 is 0 Å². The van der Waals surface area contributed by atoms with Crippen LogP contribution in [-0.2, 0) is 0 Å². The standard InChI is InChI=1S/C22H40.C10H20/c1-4-6-12-19-16(3)15-18-11-9-14-21(18)22(19)20-13-8-7-10-17(20)5-2;1-10-8-6-4-2-3-5-7-9-10/h16-22H,4-15H2,1-3H3;10H,2-9H2,1H3. The molecule has 0 aromatic rings. The summed E-state index contributed by atoms with van der Waals surface area (Å²) < 4.78 is 0. The second-order valence-corrected chi connectivity index (χ2v) is 12.9. The van der Waals surface area contributed by atoms with Crippen molar-refractivity contribution in [2.75, 3.05) is 0 Å². The molecular weight excluding hydrogens is 384 g/mol. The topological polar surface area (TPSA) is 0 Å². The maximum Gasteiger partial charge on any atom is -0.0321 e. The van der Waals surface area contributed by atoms with E-state index in [-0.39, 0.29) is 0 Å². The Balaban J connectivity index is 0.000000243. The van der Waals surface area contributed by atoms with Crippen LogP contribution in [0.25, 0.3) is 0 Å². The molecule has 4 saturated carbocycles. The van der Waals surface area contributed by atoms with Crippen molar-refractivity contribution < 1.29 is 0 Å². The Labute approximate surface area is 203 Å². The summed E-state index contributed by atoms with van der Waals surface area (Å²) in [5, 5.41) is 0. The van der Waals surface area contributed by atoms with Crippen molar-refractivity contribution in [3.8, 4) is 0 Å². The molecule has 0 aliphatic heterocycles. The Morgan fingerprint density at radius 1 is 0.625 bits per heavy atom. The molecule has 32 heavy (non-hydrogen) atoms. The van der Waals surface area contributed by atoms with Gasteiger partial charge in [-0.1, -0.05) is 130 Å². The van der Waals surface area contributed by atoms with Crippen LogP contribution in [0.1, 0.15) is 156 Å². The molecule has 0 saturated heterocycles. The van der Waals surface area contributed by atoms with Crippen molar-refractivity contribution in [1.29, 1.82) is 0 Å². The van der Waals surface area contributed by atoms with Crippen LogP contribution in [0.4, 0.5) is 0 Å². The van der Waals surface area contributed by atoms with Gasteiger partial charge >= 0.3 is 0 Å². The molecule has 0 spiro atoms. The second kappa shape index (κ2) is 14.4. The van der Waals surface area contributed by atoms with E-state index in [1.54, 1.807) is 44.9 Å². The van der Waals surface area contributed by atoms with Gasteiger partial charge in [-0.15, -0.1) is 0 Å². The van der Waals surface area contributed by atoms with Gasteiger partial charge in [0.05, 0.1) is 0 Å². The molecule has 188 valence electrons. The molecule has 0 radical (unpaired) electrons. The summed E-state index contributed by atoms with van der Waals surface area (Å²) in [4.78, 5) is 0. The van der Waals surface area contributed by atoms with E-state index < -0.39 is 0 Å². The third-order valence-corrected chi connectivity index (χ3v) is 10.6. The van der Waals surface area contributed by atoms with Crippen LogP contribution in [-0.4, -0.2) is 0 Å². The number of hydrogen-bond acceptors (Lipinski definition) is 0. The van der Waals surface area contributed by atoms with E-state index in [1.165, 1.54) is 83.5 Å². The van der Waals surface area contributed by atoms with Gasteiger partial charge in [-0.05, 0) is 73.0 Å². The predicted molar refractivity (Wildman–Crippen MR) is 143 cm³/mol. The maximum atomic E-state index is 2.62. The molecule has 0 aromatic carbocycles. The Morgan fingerprint density at radius 2 is 1.25 bits per heavy atom.